The molecule has 3 aliphatic heterocycles. The number of hydrogen-bond donors (Lipinski definition) is 0. The predicted octanol–water partition coefficient (Wildman–Crippen LogP) is 4.12. The van der Waals surface area contributed by atoms with E-state index in [4.69, 9.17) is 4.99 Å². The van der Waals surface area contributed by atoms with Crippen molar-refractivity contribution in [3.8, 4) is 0 Å². The standard InChI is InChI=1S/C24H27N5/c1-3-11-28-12-8-18(9-13-28)20-5-7-24-26-22(10-14-29(24)17-20)19-4-6-23-21(15-19)16-25-27(23)2/h4-8,10,15-17H,3,9,11-14H2,1-2H3. The summed E-state index contributed by atoms with van der Waals surface area (Å²) in [5, 5.41) is 5.49. The van der Waals surface area contributed by atoms with Crippen molar-refractivity contribution >= 4 is 22.4 Å². The van der Waals surface area contributed by atoms with Crippen molar-refractivity contribution in [3.63, 3.8) is 0 Å². The van der Waals surface area contributed by atoms with Crippen LogP contribution in [0.3, 0.4) is 0 Å². The lowest BCUT2D eigenvalue weighted by Gasteiger charge is -2.30. The summed E-state index contributed by atoms with van der Waals surface area (Å²) in [4.78, 5) is 9.70. The van der Waals surface area contributed by atoms with Crippen LogP contribution in [0.15, 0.2) is 71.0 Å². The lowest BCUT2D eigenvalue weighted by molar-refractivity contribution is 0.295. The first kappa shape index (κ1) is 18.1. The molecule has 0 atom stereocenters. The van der Waals surface area contributed by atoms with E-state index in [-0.39, 0.29) is 0 Å². The van der Waals surface area contributed by atoms with Crippen LogP contribution in [0.4, 0.5) is 0 Å². The molecule has 0 spiro atoms. The Kier molecular flexibility index (Phi) is 4.68. The number of allylic oxidation sites excluding steroid dienone is 2. The molecule has 1 aromatic heterocycles. The predicted molar refractivity (Wildman–Crippen MR) is 119 cm³/mol. The quantitative estimate of drug-likeness (QED) is 0.794. The Bertz CT molecular complexity index is 1100. The van der Waals surface area contributed by atoms with Gasteiger partial charge in [0.15, 0.2) is 0 Å². The van der Waals surface area contributed by atoms with Gasteiger partial charge in [0.2, 0.25) is 0 Å². The van der Waals surface area contributed by atoms with Gasteiger partial charge in [-0.2, -0.15) is 5.10 Å². The second-order valence-electron chi connectivity index (χ2n) is 7.95. The Balaban J connectivity index is 1.34. The molecule has 4 heterocycles. The summed E-state index contributed by atoms with van der Waals surface area (Å²) in [5.74, 6) is 1.02. The monoisotopic (exact) mass is 385 g/mol. The van der Waals surface area contributed by atoms with Gasteiger partial charge in [0, 0.05) is 43.8 Å². The second-order valence-corrected chi connectivity index (χ2v) is 7.95. The minimum atomic E-state index is 0.850. The van der Waals surface area contributed by atoms with Crippen molar-refractivity contribution in [2.75, 3.05) is 26.2 Å². The number of aryl methyl sites for hydroxylation is 1. The lowest BCUT2D eigenvalue weighted by atomic mass is 9.97. The van der Waals surface area contributed by atoms with E-state index in [1.165, 1.54) is 24.1 Å². The largest absolute Gasteiger partial charge is 0.328 e. The first-order valence-electron chi connectivity index (χ1n) is 10.5. The molecule has 0 fully saturated rings. The Morgan fingerprint density at radius 3 is 2.86 bits per heavy atom. The summed E-state index contributed by atoms with van der Waals surface area (Å²) >= 11 is 0. The highest BCUT2D eigenvalue weighted by atomic mass is 15.2. The number of benzene rings is 1. The summed E-state index contributed by atoms with van der Waals surface area (Å²) in [6.07, 6.45) is 15.5. The maximum Gasteiger partial charge on any atom is 0.133 e. The van der Waals surface area contributed by atoms with Crippen molar-refractivity contribution in [3.05, 3.63) is 71.6 Å². The highest BCUT2D eigenvalue weighted by molar-refractivity contribution is 6.00. The van der Waals surface area contributed by atoms with Crippen LogP contribution in [0.2, 0.25) is 0 Å². The van der Waals surface area contributed by atoms with E-state index in [0.29, 0.717) is 0 Å². The smallest absolute Gasteiger partial charge is 0.133 e. The van der Waals surface area contributed by atoms with Crippen LogP contribution in [-0.2, 0) is 7.05 Å². The fraction of sp³-hybridized carbons (Fsp3) is 0.333. The van der Waals surface area contributed by atoms with Crippen molar-refractivity contribution in [2.45, 2.75) is 19.8 Å². The molecule has 1 aromatic carbocycles. The van der Waals surface area contributed by atoms with Gasteiger partial charge >= 0.3 is 0 Å². The van der Waals surface area contributed by atoms with Gasteiger partial charge in [-0.05, 0) is 60.9 Å². The summed E-state index contributed by atoms with van der Waals surface area (Å²) in [7, 11) is 1.97. The van der Waals surface area contributed by atoms with Gasteiger partial charge in [0.25, 0.3) is 0 Å². The van der Waals surface area contributed by atoms with Crippen LogP contribution in [0, 0.1) is 0 Å². The number of aromatic nitrogens is 2. The molecule has 0 N–H and O–H groups in total. The molecular formula is C24H27N5. The van der Waals surface area contributed by atoms with Gasteiger partial charge in [-0.25, -0.2) is 4.99 Å². The van der Waals surface area contributed by atoms with Gasteiger partial charge in [0.05, 0.1) is 17.4 Å². The average Bonchev–Trinajstić information content (AvgIpc) is 3.14. The van der Waals surface area contributed by atoms with E-state index in [0.717, 1.165) is 54.1 Å². The zero-order valence-electron chi connectivity index (χ0n) is 17.2. The number of aliphatic imine (C=N–C) groups is 1. The molecule has 0 radical (unpaired) electrons. The van der Waals surface area contributed by atoms with Gasteiger partial charge in [-0.3, -0.25) is 9.58 Å². The molecule has 148 valence electrons. The van der Waals surface area contributed by atoms with Gasteiger partial charge in [-0.15, -0.1) is 0 Å². The van der Waals surface area contributed by atoms with Crippen molar-refractivity contribution in [1.29, 1.82) is 0 Å². The zero-order valence-corrected chi connectivity index (χ0v) is 17.2. The molecule has 0 unspecified atom stereocenters. The van der Waals surface area contributed by atoms with E-state index in [1.54, 1.807) is 0 Å². The van der Waals surface area contributed by atoms with E-state index >= 15 is 0 Å². The first-order chi connectivity index (χ1) is 14.2. The molecule has 0 amide bonds. The molecule has 0 aliphatic carbocycles. The van der Waals surface area contributed by atoms with E-state index < -0.39 is 0 Å². The van der Waals surface area contributed by atoms with Crippen LogP contribution in [0.25, 0.3) is 16.6 Å². The summed E-state index contributed by atoms with van der Waals surface area (Å²) in [6, 6.07) is 6.44. The Labute approximate surface area is 172 Å². The number of fused-ring (bicyclic) bond motifs is 2. The SMILES string of the molecule is CCCN1CC=C(C2=CN3CC=C(c4ccc5c(cnn5C)c4)N=C3C=C2)CC1. The molecular weight excluding hydrogens is 358 g/mol. The van der Waals surface area contributed by atoms with Gasteiger partial charge in [-0.1, -0.05) is 19.1 Å². The van der Waals surface area contributed by atoms with Crippen LogP contribution in [0.1, 0.15) is 25.3 Å². The van der Waals surface area contributed by atoms with Crippen molar-refractivity contribution in [1.82, 2.24) is 19.6 Å². The fourth-order valence-corrected chi connectivity index (χ4v) is 4.33. The maximum absolute atomic E-state index is 4.92. The zero-order chi connectivity index (χ0) is 19.8. The number of rotatable bonds is 4. The molecule has 0 saturated carbocycles. The molecule has 5 nitrogen and oxygen atoms in total. The number of hydrogen-bond acceptors (Lipinski definition) is 4. The topological polar surface area (TPSA) is 36.7 Å². The van der Waals surface area contributed by atoms with Crippen molar-refractivity contribution < 1.29 is 0 Å². The average molecular weight is 386 g/mol. The molecule has 5 heteroatoms. The maximum atomic E-state index is 4.92. The summed E-state index contributed by atoms with van der Waals surface area (Å²) in [5.41, 5.74) is 6.11. The summed E-state index contributed by atoms with van der Waals surface area (Å²) < 4.78 is 1.90. The van der Waals surface area contributed by atoms with Crippen LogP contribution in [-0.4, -0.2) is 51.6 Å². The van der Waals surface area contributed by atoms with Gasteiger partial charge in [0.1, 0.15) is 5.84 Å². The third kappa shape index (κ3) is 3.47. The van der Waals surface area contributed by atoms with E-state index in [2.05, 4.69) is 70.5 Å². The van der Waals surface area contributed by atoms with Crippen molar-refractivity contribution in [2.24, 2.45) is 12.0 Å². The fourth-order valence-electron chi connectivity index (χ4n) is 4.33. The van der Waals surface area contributed by atoms with E-state index in [1.807, 2.05) is 17.9 Å². The number of amidine groups is 1. The van der Waals surface area contributed by atoms with Crippen LogP contribution >= 0.6 is 0 Å². The number of nitrogens with zero attached hydrogens (tertiary/aromatic N) is 5. The van der Waals surface area contributed by atoms with Crippen LogP contribution in [0.5, 0.6) is 0 Å². The third-order valence-corrected chi connectivity index (χ3v) is 5.96. The van der Waals surface area contributed by atoms with E-state index in [9.17, 15) is 0 Å². The highest BCUT2D eigenvalue weighted by Gasteiger charge is 2.20. The lowest BCUT2D eigenvalue weighted by Crippen LogP contribution is -2.32. The minimum Gasteiger partial charge on any atom is -0.328 e. The normalized spacial score (nSPS) is 19.6. The molecule has 5 rings (SSSR count). The molecule has 3 aliphatic rings. The Morgan fingerprint density at radius 2 is 2.03 bits per heavy atom. The highest BCUT2D eigenvalue weighted by Crippen LogP contribution is 2.28. The molecule has 0 saturated heterocycles. The second kappa shape index (κ2) is 7.48. The van der Waals surface area contributed by atoms with Gasteiger partial charge < -0.3 is 4.90 Å². The Hall–Kier alpha value is -2.92. The third-order valence-electron chi connectivity index (χ3n) is 5.96. The summed E-state index contributed by atoms with van der Waals surface area (Å²) in [6.45, 7) is 6.52. The Morgan fingerprint density at radius 1 is 1.10 bits per heavy atom. The first-order valence-corrected chi connectivity index (χ1v) is 10.5. The molecule has 2 aromatic rings. The van der Waals surface area contributed by atoms with Crippen LogP contribution < -0.4 is 0 Å². The molecule has 29 heavy (non-hydrogen) atoms. The minimum absolute atomic E-state index is 0.850. The molecule has 0 bridgehead atoms.